The minimum Gasteiger partial charge on any atom is -0.507 e. The highest BCUT2D eigenvalue weighted by Gasteiger charge is 2.15. The average Bonchev–Trinajstić information content (AvgIpc) is 2.81. The molecular formula is C30H44N2O2. The Balaban J connectivity index is 2.17. The quantitative estimate of drug-likeness (QED) is 0.262. The minimum absolute atomic E-state index is 0.246. The van der Waals surface area contributed by atoms with E-state index >= 15 is 0 Å². The van der Waals surface area contributed by atoms with Gasteiger partial charge >= 0.3 is 0 Å². The average molecular weight is 465 g/mol. The summed E-state index contributed by atoms with van der Waals surface area (Å²) in [5.74, 6) is 2.00. The molecule has 0 aromatic heterocycles. The van der Waals surface area contributed by atoms with Crippen LogP contribution in [0.1, 0.15) is 125 Å². The van der Waals surface area contributed by atoms with Gasteiger partial charge in [-0.3, -0.25) is 9.98 Å². The van der Waals surface area contributed by atoms with Gasteiger partial charge in [-0.1, -0.05) is 67.5 Å². The lowest BCUT2D eigenvalue weighted by Crippen LogP contribution is -2.01. The van der Waals surface area contributed by atoms with Gasteiger partial charge in [-0.15, -0.1) is 0 Å². The molecule has 0 saturated carbocycles. The smallest absolute Gasteiger partial charge is 0.127 e. The van der Waals surface area contributed by atoms with E-state index in [0.717, 1.165) is 35.1 Å². The second kappa shape index (κ2) is 12.7. The first-order chi connectivity index (χ1) is 16.1. The van der Waals surface area contributed by atoms with Crippen LogP contribution in [0.3, 0.4) is 0 Å². The zero-order valence-electron chi connectivity index (χ0n) is 22.4. The number of aliphatic imine (C=N–C) groups is 2. The summed E-state index contributed by atoms with van der Waals surface area (Å²) in [5.41, 5.74) is 5.95. The fraction of sp³-hybridized carbons (Fsp3) is 0.533. The van der Waals surface area contributed by atoms with Crippen molar-refractivity contribution in [3.63, 3.8) is 0 Å². The Morgan fingerprint density at radius 3 is 1.29 bits per heavy atom. The fourth-order valence-electron chi connectivity index (χ4n) is 3.97. The van der Waals surface area contributed by atoms with Crippen LogP contribution < -0.4 is 0 Å². The molecule has 2 N–H and O–H groups in total. The number of aromatic hydroxyl groups is 2. The summed E-state index contributed by atoms with van der Waals surface area (Å²) >= 11 is 0. The van der Waals surface area contributed by atoms with Crippen molar-refractivity contribution < 1.29 is 10.2 Å². The molecule has 0 fully saturated rings. The standard InChI is InChI=1S/C30H44N2O2/c1-9-21(7)23-13-25(29(33)27(15-23)19(3)4)17-31-11-12-32-18-26-14-24(22(8)10-2)16-28(20(5)6)30(26)34/h13-22,33-34H,9-12H2,1-8H3. The van der Waals surface area contributed by atoms with E-state index in [1.165, 1.54) is 11.1 Å². The number of hydrogen-bond acceptors (Lipinski definition) is 4. The lowest BCUT2D eigenvalue weighted by molar-refractivity contribution is 0.462. The predicted octanol–water partition coefficient (Wildman–Crippen LogP) is 7.91. The Kier molecular flexibility index (Phi) is 10.3. The lowest BCUT2D eigenvalue weighted by atomic mass is 9.90. The molecule has 4 heteroatoms. The molecule has 2 unspecified atom stereocenters. The maximum absolute atomic E-state index is 10.7. The number of benzene rings is 2. The van der Waals surface area contributed by atoms with E-state index in [-0.39, 0.29) is 11.8 Å². The minimum atomic E-state index is 0.246. The van der Waals surface area contributed by atoms with Crippen LogP contribution >= 0.6 is 0 Å². The fourth-order valence-corrected chi connectivity index (χ4v) is 3.97. The Bertz CT molecular complexity index is 924. The SMILES string of the molecule is CCC(C)c1cc(C=NCCN=Cc2cc(C(C)CC)cc(C(C)C)c2O)c(O)c(C(C)C)c1. The molecule has 2 rings (SSSR count). The largest absolute Gasteiger partial charge is 0.507 e. The summed E-state index contributed by atoms with van der Waals surface area (Å²) in [5, 5.41) is 21.5. The number of rotatable bonds is 11. The van der Waals surface area contributed by atoms with Crippen molar-refractivity contribution in [2.24, 2.45) is 9.98 Å². The van der Waals surface area contributed by atoms with Gasteiger partial charge in [0.2, 0.25) is 0 Å². The molecule has 0 aliphatic carbocycles. The van der Waals surface area contributed by atoms with Crippen LogP contribution in [0.2, 0.25) is 0 Å². The van der Waals surface area contributed by atoms with E-state index in [2.05, 4.69) is 77.5 Å². The number of phenolic OH excluding ortho intramolecular Hbond substituents is 2. The first-order valence-corrected chi connectivity index (χ1v) is 12.8. The topological polar surface area (TPSA) is 65.2 Å². The maximum Gasteiger partial charge on any atom is 0.127 e. The molecule has 2 aromatic carbocycles. The Morgan fingerprint density at radius 1 is 0.647 bits per heavy atom. The first-order valence-electron chi connectivity index (χ1n) is 12.8. The molecule has 0 heterocycles. The van der Waals surface area contributed by atoms with Crippen LogP contribution in [0.25, 0.3) is 0 Å². The maximum atomic E-state index is 10.7. The van der Waals surface area contributed by atoms with Gasteiger partial charge in [0.1, 0.15) is 11.5 Å². The van der Waals surface area contributed by atoms with Crippen molar-refractivity contribution in [1.82, 2.24) is 0 Å². The van der Waals surface area contributed by atoms with Gasteiger partial charge in [0, 0.05) is 23.6 Å². The van der Waals surface area contributed by atoms with Gasteiger partial charge in [0.15, 0.2) is 0 Å². The van der Waals surface area contributed by atoms with E-state index in [0.29, 0.717) is 36.4 Å². The summed E-state index contributed by atoms with van der Waals surface area (Å²) in [6.07, 6.45) is 5.63. The third kappa shape index (κ3) is 6.94. The normalized spacial score (nSPS) is 14.1. The van der Waals surface area contributed by atoms with E-state index in [1.54, 1.807) is 12.4 Å². The molecule has 0 spiro atoms. The van der Waals surface area contributed by atoms with Crippen LogP contribution in [0.15, 0.2) is 34.3 Å². The highest BCUT2D eigenvalue weighted by molar-refractivity contribution is 5.85. The zero-order valence-corrected chi connectivity index (χ0v) is 22.4. The number of hydrogen-bond donors (Lipinski definition) is 2. The molecule has 0 radical (unpaired) electrons. The summed E-state index contributed by atoms with van der Waals surface area (Å²) in [4.78, 5) is 9.05. The molecule has 0 saturated heterocycles. The molecule has 0 amide bonds. The van der Waals surface area contributed by atoms with Crippen molar-refractivity contribution in [2.45, 2.75) is 91.9 Å². The number of nitrogens with zero attached hydrogens (tertiary/aromatic N) is 2. The third-order valence-electron chi connectivity index (χ3n) is 6.81. The van der Waals surface area contributed by atoms with Crippen LogP contribution in [0.4, 0.5) is 0 Å². The molecule has 0 aliphatic rings. The first kappa shape index (κ1) is 27.6. The van der Waals surface area contributed by atoms with Gasteiger partial charge in [0.05, 0.1) is 13.1 Å². The van der Waals surface area contributed by atoms with Crippen molar-refractivity contribution in [3.8, 4) is 11.5 Å². The van der Waals surface area contributed by atoms with E-state index < -0.39 is 0 Å². The molecule has 34 heavy (non-hydrogen) atoms. The summed E-state index contributed by atoms with van der Waals surface area (Å²) in [6, 6.07) is 8.35. The van der Waals surface area contributed by atoms with Gasteiger partial charge in [-0.25, -0.2) is 0 Å². The zero-order chi connectivity index (χ0) is 25.4. The molecule has 0 aliphatic heterocycles. The lowest BCUT2D eigenvalue weighted by Gasteiger charge is -2.17. The Morgan fingerprint density at radius 2 is 1.00 bits per heavy atom. The van der Waals surface area contributed by atoms with Crippen molar-refractivity contribution in [3.05, 3.63) is 57.6 Å². The second-order valence-corrected chi connectivity index (χ2v) is 10.1. The summed E-state index contributed by atoms with van der Waals surface area (Å²) in [7, 11) is 0. The highest BCUT2D eigenvalue weighted by atomic mass is 16.3. The number of phenols is 2. The van der Waals surface area contributed by atoms with E-state index in [4.69, 9.17) is 0 Å². The molecule has 4 nitrogen and oxygen atoms in total. The van der Waals surface area contributed by atoms with Crippen molar-refractivity contribution in [2.75, 3.05) is 13.1 Å². The van der Waals surface area contributed by atoms with Crippen LogP contribution in [0, 0.1) is 0 Å². The summed E-state index contributed by atoms with van der Waals surface area (Å²) < 4.78 is 0. The molecular weight excluding hydrogens is 420 g/mol. The molecule has 0 bridgehead atoms. The van der Waals surface area contributed by atoms with Crippen molar-refractivity contribution >= 4 is 12.4 Å². The van der Waals surface area contributed by atoms with E-state index in [1.807, 2.05) is 12.1 Å². The van der Waals surface area contributed by atoms with Crippen LogP contribution in [-0.4, -0.2) is 35.7 Å². The van der Waals surface area contributed by atoms with Gasteiger partial charge in [-0.2, -0.15) is 0 Å². The third-order valence-corrected chi connectivity index (χ3v) is 6.81. The van der Waals surface area contributed by atoms with Crippen LogP contribution in [0.5, 0.6) is 11.5 Å². The molecule has 2 aromatic rings. The Hall–Kier alpha value is -2.62. The predicted molar refractivity (Wildman–Crippen MR) is 147 cm³/mol. The molecule has 186 valence electrons. The molecule has 2 atom stereocenters. The van der Waals surface area contributed by atoms with Crippen molar-refractivity contribution in [1.29, 1.82) is 0 Å². The van der Waals surface area contributed by atoms with Gasteiger partial charge < -0.3 is 10.2 Å². The van der Waals surface area contributed by atoms with Gasteiger partial charge in [0.25, 0.3) is 0 Å². The second-order valence-electron chi connectivity index (χ2n) is 10.1. The monoisotopic (exact) mass is 464 g/mol. The summed E-state index contributed by atoms with van der Waals surface area (Å²) in [6.45, 7) is 18.2. The Labute approximate surface area is 206 Å². The van der Waals surface area contributed by atoms with Gasteiger partial charge in [-0.05, 0) is 70.9 Å². The van der Waals surface area contributed by atoms with Crippen LogP contribution in [-0.2, 0) is 0 Å². The highest BCUT2D eigenvalue weighted by Crippen LogP contribution is 2.34. The van der Waals surface area contributed by atoms with E-state index in [9.17, 15) is 10.2 Å².